The summed E-state index contributed by atoms with van der Waals surface area (Å²) in [6, 6.07) is 32.3. The minimum absolute atomic E-state index is 0.385. The SMILES string of the molecule is CC(CNCC(c1ccccc1)c1ccccc1)c1ccccc1. The molecule has 3 aromatic carbocycles. The van der Waals surface area contributed by atoms with Gasteiger partial charge in [-0.15, -0.1) is 0 Å². The molecule has 0 aliphatic heterocycles. The third kappa shape index (κ3) is 4.33. The second-order valence-corrected chi connectivity index (χ2v) is 6.34. The number of rotatable bonds is 7. The van der Waals surface area contributed by atoms with Gasteiger partial charge >= 0.3 is 0 Å². The molecule has 3 aromatic rings. The molecule has 0 fully saturated rings. The minimum Gasteiger partial charge on any atom is -0.315 e. The van der Waals surface area contributed by atoms with Gasteiger partial charge in [0.2, 0.25) is 0 Å². The second-order valence-electron chi connectivity index (χ2n) is 6.34. The molecule has 0 amide bonds. The van der Waals surface area contributed by atoms with E-state index in [1.165, 1.54) is 16.7 Å². The first-order chi connectivity index (χ1) is 11.8. The molecule has 0 saturated heterocycles. The maximum atomic E-state index is 3.68. The molecular formula is C23H25N. The van der Waals surface area contributed by atoms with Gasteiger partial charge in [-0.1, -0.05) is 97.9 Å². The Bertz CT molecular complexity index is 667. The Hall–Kier alpha value is -2.38. The molecule has 0 aliphatic rings. The smallest absolute Gasteiger partial charge is 0.0214 e. The molecule has 0 aliphatic carbocycles. The normalized spacial score (nSPS) is 12.2. The molecular weight excluding hydrogens is 290 g/mol. The van der Waals surface area contributed by atoms with Crippen LogP contribution in [-0.2, 0) is 0 Å². The van der Waals surface area contributed by atoms with Gasteiger partial charge < -0.3 is 5.32 Å². The molecule has 0 radical (unpaired) electrons. The molecule has 0 spiro atoms. The predicted octanol–water partition coefficient (Wildman–Crippen LogP) is 5.21. The van der Waals surface area contributed by atoms with Crippen molar-refractivity contribution >= 4 is 0 Å². The summed E-state index contributed by atoms with van der Waals surface area (Å²) in [4.78, 5) is 0. The number of nitrogens with one attached hydrogen (secondary N) is 1. The third-order valence-electron chi connectivity index (χ3n) is 4.57. The molecule has 122 valence electrons. The molecule has 0 bridgehead atoms. The van der Waals surface area contributed by atoms with Crippen LogP contribution in [0.15, 0.2) is 91.0 Å². The molecule has 24 heavy (non-hydrogen) atoms. The maximum absolute atomic E-state index is 3.68. The van der Waals surface area contributed by atoms with Gasteiger partial charge in [-0.3, -0.25) is 0 Å². The summed E-state index contributed by atoms with van der Waals surface area (Å²) < 4.78 is 0. The number of benzene rings is 3. The summed E-state index contributed by atoms with van der Waals surface area (Å²) in [5, 5.41) is 3.68. The Kier molecular flexibility index (Phi) is 5.81. The monoisotopic (exact) mass is 315 g/mol. The van der Waals surface area contributed by atoms with E-state index >= 15 is 0 Å². The average Bonchev–Trinajstić information content (AvgIpc) is 2.67. The molecule has 0 heterocycles. The molecule has 1 unspecified atom stereocenters. The fourth-order valence-electron chi connectivity index (χ4n) is 3.14. The lowest BCUT2D eigenvalue weighted by molar-refractivity contribution is 0.587. The van der Waals surface area contributed by atoms with Crippen molar-refractivity contribution in [2.45, 2.75) is 18.8 Å². The van der Waals surface area contributed by atoms with Crippen LogP contribution in [-0.4, -0.2) is 13.1 Å². The number of hydrogen-bond acceptors (Lipinski definition) is 1. The van der Waals surface area contributed by atoms with Gasteiger partial charge in [-0.2, -0.15) is 0 Å². The van der Waals surface area contributed by atoms with E-state index in [0.717, 1.165) is 13.1 Å². The van der Waals surface area contributed by atoms with Gasteiger partial charge in [-0.25, -0.2) is 0 Å². The fourth-order valence-corrected chi connectivity index (χ4v) is 3.14. The molecule has 1 heteroatoms. The highest BCUT2D eigenvalue weighted by Gasteiger charge is 2.14. The first-order valence-corrected chi connectivity index (χ1v) is 8.70. The largest absolute Gasteiger partial charge is 0.315 e. The Morgan fingerprint density at radius 3 is 1.46 bits per heavy atom. The van der Waals surface area contributed by atoms with Crippen LogP contribution >= 0.6 is 0 Å². The van der Waals surface area contributed by atoms with E-state index in [9.17, 15) is 0 Å². The van der Waals surface area contributed by atoms with Crippen molar-refractivity contribution in [3.63, 3.8) is 0 Å². The van der Waals surface area contributed by atoms with Crippen molar-refractivity contribution in [1.29, 1.82) is 0 Å². The van der Waals surface area contributed by atoms with Crippen molar-refractivity contribution in [2.75, 3.05) is 13.1 Å². The molecule has 1 nitrogen and oxygen atoms in total. The van der Waals surface area contributed by atoms with Gasteiger partial charge in [0.15, 0.2) is 0 Å². The van der Waals surface area contributed by atoms with Crippen LogP contribution in [0.2, 0.25) is 0 Å². The topological polar surface area (TPSA) is 12.0 Å². The van der Waals surface area contributed by atoms with E-state index in [1.807, 2.05) is 0 Å². The van der Waals surface area contributed by atoms with Gasteiger partial charge in [0.25, 0.3) is 0 Å². The van der Waals surface area contributed by atoms with Crippen LogP contribution in [0, 0.1) is 0 Å². The Morgan fingerprint density at radius 1 is 0.583 bits per heavy atom. The highest BCUT2D eigenvalue weighted by atomic mass is 14.9. The van der Waals surface area contributed by atoms with E-state index in [4.69, 9.17) is 0 Å². The maximum Gasteiger partial charge on any atom is 0.0214 e. The van der Waals surface area contributed by atoms with Crippen LogP contribution in [0.1, 0.15) is 35.4 Å². The summed E-state index contributed by atoms with van der Waals surface area (Å²) in [6.45, 7) is 4.22. The Morgan fingerprint density at radius 2 is 1.00 bits per heavy atom. The first kappa shape index (κ1) is 16.5. The summed E-state index contributed by atoms with van der Waals surface area (Å²) in [5.41, 5.74) is 4.12. The van der Waals surface area contributed by atoms with Crippen LogP contribution in [0.25, 0.3) is 0 Å². The van der Waals surface area contributed by atoms with Crippen LogP contribution in [0.3, 0.4) is 0 Å². The summed E-state index contributed by atoms with van der Waals surface area (Å²) in [6.07, 6.45) is 0. The molecule has 3 rings (SSSR count). The van der Waals surface area contributed by atoms with E-state index < -0.39 is 0 Å². The van der Waals surface area contributed by atoms with E-state index in [0.29, 0.717) is 11.8 Å². The molecule has 0 aromatic heterocycles. The lowest BCUT2D eigenvalue weighted by Gasteiger charge is -2.20. The van der Waals surface area contributed by atoms with E-state index in [-0.39, 0.29) is 0 Å². The molecule has 1 atom stereocenters. The highest BCUT2D eigenvalue weighted by Crippen LogP contribution is 2.24. The van der Waals surface area contributed by atoms with Crippen molar-refractivity contribution in [2.24, 2.45) is 0 Å². The zero-order valence-corrected chi connectivity index (χ0v) is 14.2. The average molecular weight is 315 g/mol. The summed E-state index contributed by atoms with van der Waals surface area (Å²) in [7, 11) is 0. The van der Waals surface area contributed by atoms with Gasteiger partial charge in [-0.05, 0) is 22.6 Å². The second kappa shape index (κ2) is 8.47. The lowest BCUT2D eigenvalue weighted by Crippen LogP contribution is -2.26. The summed E-state index contributed by atoms with van der Waals surface area (Å²) in [5.74, 6) is 0.897. The zero-order chi connectivity index (χ0) is 16.6. The molecule has 1 N–H and O–H groups in total. The van der Waals surface area contributed by atoms with Gasteiger partial charge in [0, 0.05) is 19.0 Å². The Labute approximate surface area is 145 Å². The fraction of sp³-hybridized carbons (Fsp3) is 0.217. The van der Waals surface area contributed by atoms with Gasteiger partial charge in [0.05, 0.1) is 0 Å². The lowest BCUT2D eigenvalue weighted by atomic mass is 9.91. The van der Waals surface area contributed by atoms with Crippen molar-refractivity contribution in [1.82, 2.24) is 5.32 Å². The summed E-state index contributed by atoms with van der Waals surface area (Å²) >= 11 is 0. The van der Waals surface area contributed by atoms with E-state index in [2.05, 4.69) is 103 Å². The quantitative estimate of drug-likeness (QED) is 0.631. The zero-order valence-electron chi connectivity index (χ0n) is 14.2. The third-order valence-corrected chi connectivity index (χ3v) is 4.57. The van der Waals surface area contributed by atoms with Crippen molar-refractivity contribution < 1.29 is 0 Å². The highest BCUT2D eigenvalue weighted by molar-refractivity contribution is 5.32. The van der Waals surface area contributed by atoms with Crippen molar-refractivity contribution in [3.8, 4) is 0 Å². The Balaban J connectivity index is 1.67. The number of hydrogen-bond donors (Lipinski definition) is 1. The first-order valence-electron chi connectivity index (χ1n) is 8.70. The van der Waals surface area contributed by atoms with E-state index in [1.54, 1.807) is 0 Å². The van der Waals surface area contributed by atoms with Crippen LogP contribution in [0.5, 0.6) is 0 Å². The van der Waals surface area contributed by atoms with Crippen LogP contribution < -0.4 is 5.32 Å². The molecule has 0 saturated carbocycles. The van der Waals surface area contributed by atoms with Crippen molar-refractivity contribution in [3.05, 3.63) is 108 Å². The standard InChI is InChI=1S/C23H25N/c1-19(20-11-5-2-6-12-20)17-24-18-23(21-13-7-3-8-14-21)22-15-9-4-10-16-22/h2-16,19,23-24H,17-18H2,1H3. The van der Waals surface area contributed by atoms with Crippen LogP contribution in [0.4, 0.5) is 0 Å². The predicted molar refractivity (Wildman–Crippen MR) is 102 cm³/mol. The minimum atomic E-state index is 0.385. The van der Waals surface area contributed by atoms with Gasteiger partial charge in [0.1, 0.15) is 0 Å².